The molecular formula is C8H13BrO3. The normalized spacial score (nSPS) is 46.5. The van der Waals surface area contributed by atoms with Crippen molar-refractivity contribution in [2.75, 3.05) is 25.2 Å². The van der Waals surface area contributed by atoms with Crippen LogP contribution in [0.2, 0.25) is 0 Å². The molecule has 12 heavy (non-hydrogen) atoms. The molecule has 0 saturated carbocycles. The molecule has 0 aromatic rings. The van der Waals surface area contributed by atoms with E-state index in [0.717, 1.165) is 11.8 Å². The van der Waals surface area contributed by atoms with Crippen molar-refractivity contribution in [3.8, 4) is 0 Å². The highest BCUT2D eigenvalue weighted by Crippen LogP contribution is 2.36. The van der Waals surface area contributed by atoms with E-state index in [9.17, 15) is 0 Å². The summed E-state index contributed by atoms with van der Waals surface area (Å²) in [5.74, 6) is -0.457. The van der Waals surface area contributed by atoms with Gasteiger partial charge in [-0.1, -0.05) is 15.9 Å². The molecule has 3 heterocycles. The van der Waals surface area contributed by atoms with Gasteiger partial charge in [-0.3, -0.25) is 0 Å². The summed E-state index contributed by atoms with van der Waals surface area (Å²) >= 11 is 3.38. The van der Waals surface area contributed by atoms with E-state index in [1.807, 2.05) is 6.92 Å². The third kappa shape index (κ3) is 1.41. The SMILES string of the molecule is CC12COC(CCBr)(CO1)OC2. The van der Waals surface area contributed by atoms with Gasteiger partial charge in [-0.15, -0.1) is 0 Å². The zero-order valence-corrected chi connectivity index (χ0v) is 8.72. The highest BCUT2D eigenvalue weighted by molar-refractivity contribution is 9.09. The molecule has 2 bridgehead atoms. The van der Waals surface area contributed by atoms with Gasteiger partial charge in [-0.25, -0.2) is 0 Å². The molecule has 0 N–H and O–H groups in total. The maximum absolute atomic E-state index is 5.65. The minimum absolute atomic E-state index is 0.200. The molecular weight excluding hydrogens is 224 g/mol. The lowest BCUT2D eigenvalue weighted by Gasteiger charge is -2.50. The fourth-order valence-corrected chi connectivity index (χ4v) is 2.07. The van der Waals surface area contributed by atoms with Gasteiger partial charge in [0.1, 0.15) is 12.2 Å². The summed E-state index contributed by atoms with van der Waals surface area (Å²) in [6, 6.07) is 0. The Morgan fingerprint density at radius 3 is 2.25 bits per heavy atom. The molecule has 0 aromatic carbocycles. The van der Waals surface area contributed by atoms with Crippen LogP contribution in [-0.2, 0) is 14.2 Å². The summed E-state index contributed by atoms with van der Waals surface area (Å²) in [5.41, 5.74) is -0.200. The van der Waals surface area contributed by atoms with Gasteiger partial charge >= 0.3 is 0 Å². The first kappa shape index (κ1) is 8.94. The van der Waals surface area contributed by atoms with Crippen LogP contribution in [0.15, 0.2) is 0 Å². The van der Waals surface area contributed by atoms with Crippen LogP contribution in [0.1, 0.15) is 13.3 Å². The zero-order valence-electron chi connectivity index (χ0n) is 7.14. The smallest absolute Gasteiger partial charge is 0.192 e. The fraction of sp³-hybridized carbons (Fsp3) is 1.00. The van der Waals surface area contributed by atoms with Gasteiger partial charge in [0.15, 0.2) is 5.79 Å². The van der Waals surface area contributed by atoms with E-state index in [4.69, 9.17) is 14.2 Å². The predicted molar refractivity (Wildman–Crippen MR) is 47.4 cm³/mol. The Balaban J connectivity index is 2.04. The first-order valence-electron chi connectivity index (χ1n) is 4.16. The number of hydrogen-bond acceptors (Lipinski definition) is 3. The van der Waals surface area contributed by atoms with E-state index in [2.05, 4.69) is 15.9 Å². The van der Waals surface area contributed by atoms with Crippen molar-refractivity contribution in [3.63, 3.8) is 0 Å². The molecule has 4 heteroatoms. The second-order valence-electron chi connectivity index (χ2n) is 3.67. The number of ether oxygens (including phenoxy) is 3. The van der Waals surface area contributed by atoms with Crippen molar-refractivity contribution in [1.82, 2.24) is 0 Å². The Kier molecular flexibility index (Phi) is 2.19. The summed E-state index contributed by atoms with van der Waals surface area (Å²) in [6.45, 7) is 3.89. The lowest BCUT2D eigenvalue weighted by atomic mass is 10.0. The largest absolute Gasteiger partial charge is 0.365 e. The molecule has 3 rings (SSSR count). The number of rotatable bonds is 2. The van der Waals surface area contributed by atoms with Crippen LogP contribution in [0.3, 0.4) is 0 Å². The molecule has 70 valence electrons. The molecule has 3 saturated heterocycles. The number of fused-ring (bicyclic) bond motifs is 3. The van der Waals surface area contributed by atoms with Gasteiger partial charge in [0.05, 0.1) is 13.2 Å². The van der Waals surface area contributed by atoms with Crippen molar-refractivity contribution in [2.45, 2.75) is 24.7 Å². The maximum Gasteiger partial charge on any atom is 0.192 e. The molecule has 0 spiro atoms. The topological polar surface area (TPSA) is 27.7 Å². The van der Waals surface area contributed by atoms with Crippen molar-refractivity contribution >= 4 is 15.9 Å². The van der Waals surface area contributed by atoms with E-state index in [1.165, 1.54) is 0 Å². The van der Waals surface area contributed by atoms with Gasteiger partial charge in [0.25, 0.3) is 0 Å². The third-order valence-electron chi connectivity index (χ3n) is 2.40. The molecule has 0 amide bonds. The summed E-state index contributed by atoms with van der Waals surface area (Å²) in [7, 11) is 0. The molecule has 3 aliphatic rings. The van der Waals surface area contributed by atoms with E-state index in [0.29, 0.717) is 19.8 Å². The Bertz CT molecular complexity index is 159. The molecule has 0 unspecified atom stereocenters. The van der Waals surface area contributed by atoms with Crippen LogP contribution in [0.25, 0.3) is 0 Å². The van der Waals surface area contributed by atoms with Crippen LogP contribution >= 0.6 is 15.9 Å². The zero-order chi connectivity index (χ0) is 8.66. The van der Waals surface area contributed by atoms with Crippen molar-refractivity contribution < 1.29 is 14.2 Å². The van der Waals surface area contributed by atoms with E-state index in [-0.39, 0.29) is 5.60 Å². The quantitative estimate of drug-likeness (QED) is 0.677. The Labute approximate surface area is 80.5 Å². The van der Waals surface area contributed by atoms with Gasteiger partial charge in [0.2, 0.25) is 0 Å². The molecule has 3 fully saturated rings. The van der Waals surface area contributed by atoms with E-state index in [1.54, 1.807) is 0 Å². The highest BCUT2D eigenvalue weighted by atomic mass is 79.9. The molecule has 0 atom stereocenters. The lowest BCUT2D eigenvalue weighted by Crippen LogP contribution is -2.62. The first-order valence-corrected chi connectivity index (χ1v) is 5.28. The minimum atomic E-state index is -0.457. The number of alkyl halides is 1. The fourth-order valence-electron chi connectivity index (χ4n) is 1.46. The Morgan fingerprint density at radius 2 is 1.83 bits per heavy atom. The van der Waals surface area contributed by atoms with Gasteiger partial charge in [-0.05, 0) is 6.92 Å². The number of hydrogen-bond donors (Lipinski definition) is 0. The average Bonchev–Trinajstić information content (AvgIpc) is 2.08. The van der Waals surface area contributed by atoms with Gasteiger partial charge in [0, 0.05) is 11.8 Å². The van der Waals surface area contributed by atoms with Crippen molar-refractivity contribution in [1.29, 1.82) is 0 Å². The number of halogens is 1. The van der Waals surface area contributed by atoms with E-state index < -0.39 is 5.79 Å². The monoisotopic (exact) mass is 236 g/mol. The standard InChI is InChI=1S/C8H13BrO3/c1-7-4-11-8(2-3-9,6-10-7)12-5-7/h2-6H2,1H3. The predicted octanol–water partition coefficient (Wildman–Crippen LogP) is 1.30. The van der Waals surface area contributed by atoms with Crippen LogP contribution in [0, 0.1) is 0 Å². The van der Waals surface area contributed by atoms with Crippen molar-refractivity contribution in [2.24, 2.45) is 0 Å². The molecule has 0 radical (unpaired) electrons. The minimum Gasteiger partial charge on any atom is -0.365 e. The van der Waals surface area contributed by atoms with Crippen LogP contribution in [0.5, 0.6) is 0 Å². The molecule has 0 aliphatic carbocycles. The van der Waals surface area contributed by atoms with Gasteiger partial charge < -0.3 is 14.2 Å². The summed E-state index contributed by atoms with van der Waals surface area (Å²) < 4.78 is 16.9. The second kappa shape index (κ2) is 2.94. The summed E-state index contributed by atoms with van der Waals surface area (Å²) in [6.07, 6.45) is 0.850. The molecule has 3 nitrogen and oxygen atoms in total. The first-order chi connectivity index (χ1) is 5.68. The van der Waals surface area contributed by atoms with Crippen molar-refractivity contribution in [3.05, 3.63) is 0 Å². The highest BCUT2D eigenvalue weighted by Gasteiger charge is 2.49. The Morgan fingerprint density at radius 1 is 1.17 bits per heavy atom. The lowest BCUT2D eigenvalue weighted by molar-refractivity contribution is -0.393. The maximum atomic E-state index is 5.65. The van der Waals surface area contributed by atoms with Crippen LogP contribution in [-0.4, -0.2) is 36.5 Å². The second-order valence-corrected chi connectivity index (χ2v) is 4.46. The Hall–Kier alpha value is 0.360. The molecule has 0 aromatic heterocycles. The third-order valence-corrected chi connectivity index (χ3v) is 2.79. The van der Waals surface area contributed by atoms with Crippen LogP contribution in [0.4, 0.5) is 0 Å². The van der Waals surface area contributed by atoms with E-state index >= 15 is 0 Å². The molecule has 3 aliphatic heterocycles. The van der Waals surface area contributed by atoms with Crippen LogP contribution < -0.4 is 0 Å². The average molecular weight is 237 g/mol. The van der Waals surface area contributed by atoms with Gasteiger partial charge in [-0.2, -0.15) is 0 Å². The summed E-state index contributed by atoms with van der Waals surface area (Å²) in [4.78, 5) is 0. The summed E-state index contributed by atoms with van der Waals surface area (Å²) in [5, 5.41) is 0.882.